The molecule has 0 aliphatic carbocycles. The van der Waals surface area contributed by atoms with Crippen molar-refractivity contribution in [2.45, 2.75) is 33.2 Å². The van der Waals surface area contributed by atoms with E-state index >= 15 is 0 Å². The minimum absolute atomic E-state index is 0.0214. The summed E-state index contributed by atoms with van der Waals surface area (Å²) < 4.78 is 1.71. The van der Waals surface area contributed by atoms with Gasteiger partial charge >= 0.3 is 0 Å². The number of carbonyl (C=O) groups excluding carboxylic acids is 1. The Labute approximate surface area is 136 Å². The maximum atomic E-state index is 12.3. The number of carbonyl (C=O) groups is 1. The highest BCUT2D eigenvalue weighted by atomic mass is 79.9. The van der Waals surface area contributed by atoms with E-state index in [0.29, 0.717) is 11.4 Å². The third kappa shape index (κ3) is 5.09. The van der Waals surface area contributed by atoms with Gasteiger partial charge in [0.2, 0.25) is 0 Å². The van der Waals surface area contributed by atoms with Crippen molar-refractivity contribution >= 4 is 49.4 Å². The lowest BCUT2D eigenvalue weighted by molar-refractivity contribution is 0.0899. The molecule has 1 amide bonds. The fourth-order valence-electron chi connectivity index (χ4n) is 1.74. The highest BCUT2D eigenvalue weighted by molar-refractivity contribution is 9.11. The molecule has 0 spiro atoms. The zero-order chi connectivity index (χ0) is 14.6. The lowest BCUT2D eigenvalue weighted by Crippen LogP contribution is -2.44. The summed E-state index contributed by atoms with van der Waals surface area (Å²) in [5.41, 5.74) is 0.610. The molecule has 0 bridgehead atoms. The molecule has 1 aromatic rings. The zero-order valence-electron chi connectivity index (χ0n) is 11.3. The Morgan fingerprint density at radius 3 is 2.47 bits per heavy atom. The van der Waals surface area contributed by atoms with E-state index in [9.17, 15) is 4.79 Å². The van der Waals surface area contributed by atoms with Crippen LogP contribution < -0.4 is 5.32 Å². The Bertz CT molecular complexity index is 457. The fraction of sp³-hybridized carbons (Fsp3) is 0.500. The molecule has 0 radical (unpaired) electrons. The van der Waals surface area contributed by atoms with E-state index in [1.165, 1.54) is 0 Å². The number of benzene rings is 1. The van der Waals surface area contributed by atoms with Gasteiger partial charge in [-0.3, -0.25) is 4.79 Å². The Hall–Kier alpha value is -0.0600. The lowest BCUT2D eigenvalue weighted by Gasteiger charge is -2.31. The highest BCUT2D eigenvalue weighted by Gasteiger charge is 2.26. The van der Waals surface area contributed by atoms with Crippen molar-refractivity contribution in [1.82, 2.24) is 5.32 Å². The first kappa shape index (κ1) is 17.0. The van der Waals surface area contributed by atoms with Gasteiger partial charge in [-0.05, 0) is 46.0 Å². The van der Waals surface area contributed by atoms with Crippen molar-refractivity contribution in [3.63, 3.8) is 0 Å². The van der Waals surface area contributed by atoms with E-state index in [0.717, 1.165) is 15.4 Å². The summed E-state index contributed by atoms with van der Waals surface area (Å²) >= 11 is 12.6. The predicted molar refractivity (Wildman–Crippen MR) is 87.9 cm³/mol. The van der Waals surface area contributed by atoms with Crippen molar-refractivity contribution in [3.8, 4) is 0 Å². The van der Waals surface area contributed by atoms with Crippen molar-refractivity contribution in [2.75, 3.05) is 5.88 Å². The predicted octanol–water partition coefficient (Wildman–Crippen LogP) is 4.99. The second-order valence-electron chi connectivity index (χ2n) is 5.49. The van der Waals surface area contributed by atoms with E-state index in [2.05, 4.69) is 57.9 Å². The van der Waals surface area contributed by atoms with Crippen molar-refractivity contribution in [2.24, 2.45) is 5.41 Å². The summed E-state index contributed by atoms with van der Waals surface area (Å²) in [7, 11) is 0. The molecule has 0 saturated carbocycles. The van der Waals surface area contributed by atoms with Gasteiger partial charge < -0.3 is 5.32 Å². The highest BCUT2D eigenvalue weighted by Crippen LogP contribution is 2.25. The van der Waals surface area contributed by atoms with Crippen molar-refractivity contribution in [1.29, 1.82) is 0 Å². The second-order valence-corrected chi connectivity index (χ2v) is 7.64. The van der Waals surface area contributed by atoms with Crippen LogP contribution >= 0.6 is 43.5 Å². The first-order valence-corrected chi connectivity index (χ1v) is 8.19. The molecule has 1 atom stereocenters. The summed E-state index contributed by atoms with van der Waals surface area (Å²) in [5.74, 6) is 0.452. The topological polar surface area (TPSA) is 29.1 Å². The van der Waals surface area contributed by atoms with Gasteiger partial charge in [-0.25, -0.2) is 0 Å². The summed E-state index contributed by atoms with van der Waals surface area (Å²) in [5, 5.41) is 3.07. The van der Waals surface area contributed by atoms with Crippen LogP contribution in [0.5, 0.6) is 0 Å². The monoisotopic (exact) mass is 409 g/mol. The normalized spacial score (nSPS) is 13.2. The number of amides is 1. The SMILES string of the molecule is CC(C)(C)C(CCCl)NC(=O)c1ccc(Br)cc1Br. The number of halogens is 3. The van der Waals surface area contributed by atoms with Gasteiger partial charge in [0.15, 0.2) is 0 Å². The Kier molecular flexibility index (Phi) is 6.34. The number of nitrogens with one attached hydrogen (secondary N) is 1. The Balaban J connectivity index is 2.88. The van der Waals surface area contributed by atoms with Crippen LogP contribution in [-0.4, -0.2) is 17.8 Å². The molecule has 1 unspecified atom stereocenters. The van der Waals surface area contributed by atoms with Crippen LogP contribution in [0.1, 0.15) is 37.6 Å². The van der Waals surface area contributed by atoms with Gasteiger partial charge in [0, 0.05) is 20.9 Å². The number of hydrogen-bond donors (Lipinski definition) is 1. The summed E-state index contributed by atoms with van der Waals surface area (Å²) in [4.78, 5) is 12.3. The zero-order valence-corrected chi connectivity index (χ0v) is 15.2. The first-order chi connectivity index (χ1) is 8.75. The minimum Gasteiger partial charge on any atom is -0.349 e. The van der Waals surface area contributed by atoms with Gasteiger partial charge in [-0.1, -0.05) is 36.7 Å². The summed E-state index contributed by atoms with van der Waals surface area (Å²) in [6, 6.07) is 5.56. The third-order valence-corrected chi connectivity index (χ3v) is 4.29. The van der Waals surface area contributed by atoms with Crippen LogP contribution in [0.15, 0.2) is 27.1 Å². The number of alkyl halides is 1. The van der Waals surface area contributed by atoms with Crippen LogP contribution in [0.3, 0.4) is 0 Å². The molecule has 106 valence electrons. The molecule has 1 rings (SSSR count). The van der Waals surface area contributed by atoms with E-state index in [1.807, 2.05) is 12.1 Å². The molecule has 5 heteroatoms. The van der Waals surface area contributed by atoms with Crippen LogP contribution in [0.25, 0.3) is 0 Å². The average Bonchev–Trinajstić information content (AvgIpc) is 2.26. The number of hydrogen-bond acceptors (Lipinski definition) is 1. The van der Waals surface area contributed by atoms with Gasteiger partial charge in [-0.15, -0.1) is 11.6 Å². The Morgan fingerprint density at radius 2 is 2.00 bits per heavy atom. The molecule has 0 heterocycles. The average molecular weight is 412 g/mol. The molecule has 0 saturated heterocycles. The molecule has 0 aliphatic rings. The van der Waals surface area contributed by atoms with Crippen LogP contribution in [-0.2, 0) is 0 Å². The molecule has 0 aliphatic heterocycles. The van der Waals surface area contributed by atoms with Crippen LogP contribution in [0.4, 0.5) is 0 Å². The number of rotatable bonds is 4. The second kappa shape index (κ2) is 7.09. The van der Waals surface area contributed by atoms with Gasteiger partial charge in [0.25, 0.3) is 5.91 Å². The quantitative estimate of drug-likeness (QED) is 0.695. The van der Waals surface area contributed by atoms with Crippen LogP contribution in [0, 0.1) is 5.41 Å². The molecule has 1 aromatic carbocycles. The standard InChI is InChI=1S/C14H18Br2ClNO/c1-14(2,3)12(6-7-17)18-13(19)10-5-4-9(15)8-11(10)16/h4-5,8,12H,6-7H2,1-3H3,(H,18,19). The van der Waals surface area contributed by atoms with Crippen molar-refractivity contribution in [3.05, 3.63) is 32.7 Å². The Morgan fingerprint density at radius 1 is 1.37 bits per heavy atom. The molecule has 19 heavy (non-hydrogen) atoms. The molecular weight excluding hydrogens is 393 g/mol. The molecular formula is C14H18Br2ClNO. The maximum absolute atomic E-state index is 12.3. The summed E-state index contributed by atoms with van der Waals surface area (Å²) in [6.45, 7) is 6.30. The third-order valence-electron chi connectivity index (χ3n) is 2.92. The maximum Gasteiger partial charge on any atom is 0.252 e. The molecule has 0 fully saturated rings. The molecule has 0 aromatic heterocycles. The van der Waals surface area contributed by atoms with E-state index < -0.39 is 0 Å². The largest absolute Gasteiger partial charge is 0.349 e. The first-order valence-electron chi connectivity index (χ1n) is 6.07. The van der Waals surface area contributed by atoms with E-state index in [4.69, 9.17) is 11.6 Å². The fourth-order valence-corrected chi connectivity index (χ4v) is 3.19. The van der Waals surface area contributed by atoms with Gasteiger partial charge in [-0.2, -0.15) is 0 Å². The van der Waals surface area contributed by atoms with E-state index in [-0.39, 0.29) is 17.4 Å². The van der Waals surface area contributed by atoms with Gasteiger partial charge in [0.05, 0.1) is 5.56 Å². The smallest absolute Gasteiger partial charge is 0.252 e. The van der Waals surface area contributed by atoms with Crippen molar-refractivity contribution < 1.29 is 4.79 Å². The van der Waals surface area contributed by atoms with Gasteiger partial charge in [0.1, 0.15) is 0 Å². The summed E-state index contributed by atoms with van der Waals surface area (Å²) in [6.07, 6.45) is 0.755. The van der Waals surface area contributed by atoms with Crippen LogP contribution in [0.2, 0.25) is 0 Å². The van der Waals surface area contributed by atoms with E-state index in [1.54, 1.807) is 6.07 Å². The molecule has 2 nitrogen and oxygen atoms in total. The molecule has 1 N–H and O–H groups in total. The lowest BCUT2D eigenvalue weighted by atomic mass is 9.85. The minimum atomic E-state index is -0.0792.